The van der Waals surface area contributed by atoms with E-state index in [0.29, 0.717) is 0 Å². The molecule has 0 aliphatic rings. The van der Waals surface area contributed by atoms with Crippen molar-refractivity contribution in [2.75, 3.05) is 12.0 Å². The van der Waals surface area contributed by atoms with Crippen LogP contribution in [0.4, 0.5) is 8.78 Å². The molecule has 0 saturated heterocycles. The van der Waals surface area contributed by atoms with Crippen molar-refractivity contribution in [3.05, 3.63) is 34.4 Å². The van der Waals surface area contributed by atoms with Crippen molar-refractivity contribution in [3.63, 3.8) is 0 Å². The Balaban J connectivity index is 2.89. The number of sulfone groups is 1. The van der Waals surface area contributed by atoms with Gasteiger partial charge in [-0.05, 0) is 18.6 Å². The van der Waals surface area contributed by atoms with Crippen LogP contribution in [-0.2, 0) is 9.84 Å². The van der Waals surface area contributed by atoms with E-state index in [-0.39, 0.29) is 22.8 Å². The van der Waals surface area contributed by atoms with E-state index in [4.69, 9.17) is 11.6 Å². The van der Waals surface area contributed by atoms with E-state index >= 15 is 0 Å². The Bertz CT molecular complexity index is 517. The zero-order chi connectivity index (χ0) is 13.2. The summed E-state index contributed by atoms with van der Waals surface area (Å²) in [5, 5.41) is 9.18. The van der Waals surface area contributed by atoms with Gasteiger partial charge < -0.3 is 5.11 Å². The third-order valence-electron chi connectivity index (χ3n) is 2.16. The molecule has 96 valence electrons. The van der Waals surface area contributed by atoms with Crippen LogP contribution >= 0.6 is 11.6 Å². The van der Waals surface area contributed by atoms with Gasteiger partial charge in [-0.2, -0.15) is 0 Å². The van der Waals surface area contributed by atoms with Crippen molar-refractivity contribution in [2.24, 2.45) is 0 Å². The number of aliphatic hydroxyl groups is 1. The van der Waals surface area contributed by atoms with Crippen molar-refractivity contribution in [2.45, 2.75) is 12.5 Å². The molecule has 0 saturated carbocycles. The first-order chi connectivity index (χ1) is 7.70. The highest BCUT2D eigenvalue weighted by atomic mass is 35.5. The van der Waals surface area contributed by atoms with Crippen molar-refractivity contribution < 1.29 is 22.3 Å². The molecule has 0 aliphatic heterocycles. The monoisotopic (exact) mass is 284 g/mol. The molecule has 3 nitrogen and oxygen atoms in total. The van der Waals surface area contributed by atoms with E-state index in [1.54, 1.807) is 0 Å². The minimum absolute atomic E-state index is 0.198. The van der Waals surface area contributed by atoms with Crippen molar-refractivity contribution in [1.82, 2.24) is 0 Å². The lowest BCUT2D eigenvalue weighted by Crippen LogP contribution is -2.10. The highest BCUT2D eigenvalue weighted by Crippen LogP contribution is 2.25. The lowest BCUT2D eigenvalue weighted by atomic mass is 10.1. The topological polar surface area (TPSA) is 54.4 Å². The van der Waals surface area contributed by atoms with Crippen molar-refractivity contribution in [3.8, 4) is 0 Å². The summed E-state index contributed by atoms with van der Waals surface area (Å²) in [4.78, 5) is 0. The maximum absolute atomic E-state index is 13.3. The molecule has 1 aromatic carbocycles. The van der Waals surface area contributed by atoms with Crippen LogP contribution in [0.15, 0.2) is 12.1 Å². The van der Waals surface area contributed by atoms with Crippen LogP contribution in [0.1, 0.15) is 18.1 Å². The number of halogens is 3. The Kier molecular flexibility index (Phi) is 4.46. The highest BCUT2D eigenvalue weighted by molar-refractivity contribution is 7.90. The second-order valence-corrected chi connectivity index (χ2v) is 6.39. The Labute approximate surface area is 103 Å². The highest BCUT2D eigenvalue weighted by Gasteiger charge is 2.17. The average Bonchev–Trinajstić information content (AvgIpc) is 2.19. The van der Waals surface area contributed by atoms with Gasteiger partial charge in [0, 0.05) is 11.8 Å². The summed E-state index contributed by atoms with van der Waals surface area (Å²) in [6.07, 6.45) is -0.577. The summed E-state index contributed by atoms with van der Waals surface area (Å²) in [5.74, 6) is -2.03. The molecule has 7 heteroatoms. The van der Waals surface area contributed by atoms with Crippen molar-refractivity contribution in [1.29, 1.82) is 0 Å². The van der Waals surface area contributed by atoms with E-state index in [2.05, 4.69) is 0 Å². The first-order valence-corrected chi connectivity index (χ1v) is 7.15. The van der Waals surface area contributed by atoms with Gasteiger partial charge in [-0.1, -0.05) is 11.6 Å². The smallest absolute Gasteiger partial charge is 0.147 e. The van der Waals surface area contributed by atoms with Crippen LogP contribution in [0, 0.1) is 11.6 Å². The molecule has 0 aliphatic carbocycles. The summed E-state index contributed by atoms with van der Waals surface area (Å²) in [5.41, 5.74) is -0.296. The molecule has 1 atom stereocenters. The molecule has 1 aromatic rings. The van der Waals surface area contributed by atoms with E-state index in [1.807, 2.05) is 0 Å². The molecule has 0 bridgehead atoms. The average molecular weight is 285 g/mol. The summed E-state index contributed by atoms with van der Waals surface area (Å²) < 4.78 is 48.2. The van der Waals surface area contributed by atoms with E-state index in [9.17, 15) is 22.3 Å². The zero-order valence-electron chi connectivity index (χ0n) is 8.95. The minimum Gasteiger partial charge on any atom is -0.388 e. The molecule has 0 amide bonds. The van der Waals surface area contributed by atoms with Gasteiger partial charge in [0.25, 0.3) is 0 Å². The second kappa shape index (κ2) is 5.29. The minimum atomic E-state index is -3.26. The number of aliphatic hydroxyl groups excluding tert-OH is 1. The van der Waals surface area contributed by atoms with Crippen LogP contribution in [0.5, 0.6) is 0 Å². The fourth-order valence-electron chi connectivity index (χ4n) is 1.27. The predicted molar refractivity (Wildman–Crippen MR) is 60.7 cm³/mol. The Morgan fingerprint density at radius 2 is 1.94 bits per heavy atom. The first kappa shape index (κ1) is 14.3. The molecule has 1 rings (SSSR count). The zero-order valence-corrected chi connectivity index (χ0v) is 10.5. The summed E-state index contributed by atoms with van der Waals surface area (Å²) in [7, 11) is -3.26. The summed E-state index contributed by atoms with van der Waals surface area (Å²) >= 11 is 5.35. The Morgan fingerprint density at radius 3 is 2.47 bits per heavy atom. The predicted octanol–water partition coefficient (Wildman–Crippen LogP) is 2.09. The molecular formula is C10H11ClF2O3S. The SMILES string of the molecule is CS(=O)(=O)CCC(O)c1cc(F)c(Cl)cc1F. The third-order valence-corrected chi connectivity index (χ3v) is 3.43. The molecule has 0 fully saturated rings. The van der Waals surface area contributed by atoms with Gasteiger partial charge >= 0.3 is 0 Å². The molecule has 0 radical (unpaired) electrons. The fraction of sp³-hybridized carbons (Fsp3) is 0.400. The summed E-state index contributed by atoms with van der Waals surface area (Å²) in [6, 6.07) is 1.51. The Morgan fingerprint density at radius 1 is 1.35 bits per heavy atom. The molecule has 0 aromatic heterocycles. The molecule has 0 spiro atoms. The largest absolute Gasteiger partial charge is 0.388 e. The summed E-state index contributed by atoms with van der Waals surface area (Å²) in [6.45, 7) is 0. The van der Waals surface area contributed by atoms with Crippen LogP contribution in [0.3, 0.4) is 0 Å². The van der Waals surface area contributed by atoms with E-state index in [1.165, 1.54) is 0 Å². The number of hydrogen-bond donors (Lipinski definition) is 1. The van der Waals surface area contributed by atoms with Gasteiger partial charge in [0.1, 0.15) is 21.5 Å². The number of rotatable bonds is 4. The standard InChI is InChI=1S/C10H11ClF2O3S/c1-17(15,16)3-2-10(14)6-4-9(13)7(11)5-8(6)12/h4-5,10,14H,2-3H2,1H3. The quantitative estimate of drug-likeness (QED) is 0.862. The first-order valence-electron chi connectivity index (χ1n) is 4.71. The van der Waals surface area contributed by atoms with Gasteiger partial charge in [-0.25, -0.2) is 17.2 Å². The third kappa shape index (κ3) is 4.22. The van der Waals surface area contributed by atoms with E-state index in [0.717, 1.165) is 18.4 Å². The lowest BCUT2D eigenvalue weighted by molar-refractivity contribution is 0.169. The normalized spacial score (nSPS) is 13.7. The molecule has 1 unspecified atom stereocenters. The van der Waals surface area contributed by atoms with Gasteiger partial charge in [0.2, 0.25) is 0 Å². The van der Waals surface area contributed by atoms with Crippen LogP contribution in [-0.4, -0.2) is 25.5 Å². The maximum Gasteiger partial charge on any atom is 0.147 e. The van der Waals surface area contributed by atoms with Gasteiger partial charge in [0.05, 0.1) is 16.9 Å². The maximum atomic E-state index is 13.3. The Hall–Kier alpha value is -0.720. The second-order valence-electron chi connectivity index (χ2n) is 3.72. The molecule has 0 heterocycles. The van der Waals surface area contributed by atoms with Gasteiger partial charge in [0.15, 0.2) is 0 Å². The van der Waals surface area contributed by atoms with Crippen molar-refractivity contribution >= 4 is 21.4 Å². The lowest BCUT2D eigenvalue weighted by Gasteiger charge is -2.11. The number of hydrogen-bond acceptors (Lipinski definition) is 3. The van der Waals surface area contributed by atoms with Gasteiger partial charge in [-0.15, -0.1) is 0 Å². The molecule has 1 N–H and O–H groups in total. The van der Waals surface area contributed by atoms with Gasteiger partial charge in [-0.3, -0.25) is 0 Å². The van der Waals surface area contributed by atoms with Crippen LogP contribution in [0.25, 0.3) is 0 Å². The fourth-order valence-corrected chi connectivity index (χ4v) is 2.08. The molecule has 17 heavy (non-hydrogen) atoms. The molecular weight excluding hydrogens is 274 g/mol. The van der Waals surface area contributed by atoms with E-state index < -0.39 is 27.6 Å². The number of benzene rings is 1. The van der Waals surface area contributed by atoms with Crippen LogP contribution in [0.2, 0.25) is 5.02 Å². The van der Waals surface area contributed by atoms with Crippen LogP contribution < -0.4 is 0 Å².